The Morgan fingerprint density at radius 2 is 1.83 bits per heavy atom. The molecule has 5 nitrogen and oxygen atoms in total. The number of hydrogen-bond donors (Lipinski definition) is 3. The lowest BCUT2D eigenvalue weighted by Crippen LogP contribution is -2.47. The number of halogens is 3. The zero-order chi connectivity index (χ0) is 17.8. The Kier molecular flexibility index (Phi) is 6.14. The average molecular weight is 332 g/mol. The summed E-state index contributed by atoms with van der Waals surface area (Å²) in [6.45, 7) is 4.96. The van der Waals surface area contributed by atoms with E-state index >= 15 is 0 Å². The fourth-order valence-electron chi connectivity index (χ4n) is 1.76. The third-order valence-corrected chi connectivity index (χ3v) is 3.77. The fourth-order valence-corrected chi connectivity index (χ4v) is 1.76. The van der Waals surface area contributed by atoms with Crippen LogP contribution in [0, 0.1) is 23.4 Å². The van der Waals surface area contributed by atoms with Crippen molar-refractivity contribution in [3.8, 4) is 0 Å². The first-order valence-corrected chi connectivity index (χ1v) is 7.05. The number of amides is 2. The number of benzene rings is 1. The van der Waals surface area contributed by atoms with E-state index in [0.29, 0.717) is 12.5 Å². The van der Waals surface area contributed by atoms with Gasteiger partial charge in [-0.15, -0.1) is 0 Å². The number of rotatable bonds is 5. The van der Waals surface area contributed by atoms with Crippen LogP contribution in [0.4, 0.5) is 18.9 Å². The Hall–Kier alpha value is -2.09. The minimum atomic E-state index is -1.75. The average Bonchev–Trinajstić information content (AvgIpc) is 2.52. The van der Waals surface area contributed by atoms with Crippen molar-refractivity contribution in [2.24, 2.45) is 5.92 Å². The van der Waals surface area contributed by atoms with Gasteiger partial charge in [-0.3, -0.25) is 9.59 Å². The molecule has 0 saturated heterocycles. The van der Waals surface area contributed by atoms with Crippen molar-refractivity contribution >= 4 is 17.5 Å². The van der Waals surface area contributed by atoms with Crippen molar-refractivity contribution in [3.63, 3.8) is 0 Å². The first kappa shape index (κ1) is 19.0. The predicted molar refractivity (Wildman–Crippen MR) is 78.0 cm³/mol. The Bertz CT molecular complexity index is 606. The molecule has 0 fully saturated rings. The fraction of sp³-hybridized carbons (Fsp3) is 0.467. The van der Waals surface area contributed by atoms with E-state index in [9.17, 15) is 27.9 Å². The number of hydrogen-bond acceptors (Lipinski definition) is 3. The van der Waals surface area contributed by atoms with Crippen molar-refractivity contribution in [2.75, 3.05) is 11.9 Å². The van der Waals surface area contributed by atoms with Gasteiger partial charge in [0.05, 0.1) is 11.3 Å². The normalized spacial score (nSPS) is 14.7. The number of anilines is 1. The van der Waals surface area contributed by atoms with E-state index in [1.165, 1.54) is 6.92 Å². The molecule has 2 amide bonds. The van der Waals surface area contributed by atoms with Crippen molar-refractivity contribution in [1.29, 1.82) is 0 Å². The van der Waals surface area contributed by atoms with E-state index < -0.39 is 40.6 Å². The summed E-state index contributed by atoms with van der Waals surface area (Å²) < 4.78 is 39.2. The van der Waals surface area contributed by atoms with Crippen molar-refractivity contribution in [3.05, 3.63) is 29.6 Å². The Labute approximate surface area is 131 Å². The molecule has 8 heteroatoms. The summed E-state index contributed by atoms with van der Waals surface area (Å²) in [6.07, 6.45) is 0.662. The molecule has 2 atom stereocenters. The van der Waals surface area contributed by atoms with Crippen LogP contribution in [-0.4, -0.2) is 29.1 Å². The van der Waals surface area contributed by atoms with Crippen LogP contribution >= 0.6 is 0 Å². The Morgan fingerprint density at radius 1 is 1.22 bits per heavy atom. The maximum Gasteiger partial charge on any atom is 0.313 e. The minimum Gasteiger partial charge on any atom is -0.388 e. The van der Waals surface area contributed by atoms with Crippen molar-refractivity contribution in [1.82, 2.24) is 5.32 Å². The zero-order valence-electron chi connectivity index (χ0n) is 13.0. The second kappa shape index (κ2) is 7.45. The lowest BCUT2D eigenvalue weighted by molar-refractivity contribution is -0.137. The lowest BCUT2D eigenvalue weighted by atomic mass is 9.89. The van der Waals surface area contributed by atoms with Crippen LogP contribution in [0.15, 0.2) is 12.1 Å². The van der Waals surface area contributed by atoms with Gasteiger partial charge < -0.3 is 15.7 Å². The lowest BCUT2D eigenvalue weighted by Gasteiger charge is -2.29. The van der Waals surface area contributed by atoms with E-state index in [1.807, 2.05) is 12.2 Å². The molecule has 23 heavy (non-hydrogen) atoms. The summed E-state index contributed by atoms with van der Waals surface area (Å²) in [5.74, 6) is -7.27. The SMILES string of the molecule is CCC(C)C(C)(O)CNC(=O)C(=O)Nc1ccc(F)c(F)c1F. The number of carbonyl (C=O) groups excluding carboxylic acids is 2. The van der Waals surface area contributed by atoms with Crippen LogP contribution in [0.5, 0.6) is 0 Å². The zero-order valence-corrected chi connectivity index (χ0v) is 13.0. The second-order valence-electron chi connectivity index (χ2n) is 5.53. The van der Waals surface area contributed by atoms with Crippen molar-refractivity contribution in [2.45, 2.75) is 32.8 Å². The molecule has 1 aromatic rings. The molecule has 128 valence electrons. The monoisotopic (exact) mass is 332 g/mol. The molecule has 0 bridgehead atoms. The molecule has 0 radical (unpaired) electrons. The van der Waals surface area contributed by atoms with E-state index in [4.69, 9.17) is 0 Å². The van der Waals surface area contributed by atoms with Gasteiger partial charge in [-0.05, 0) is 25.0 Å². The number of aliphatic hydroxyl groups is 1. The van der Waals surface area contributed by atoms with Gasteiger partial charge in [0.2, 0.25) is 0 Å². The van der Waals surface area contributed by atoms with Gasteiger partial charge in [-0.1, -0.05) is 20.3 Å². The summed E-state index contributed by atoms with van der Waals surface area (Å²) in [5.41, 5.74) is -1.88. The van der Waals surface area contributed by atoms with Gasteiger partial charge in [0.25, 0.3) is 0 Å². The van der Waals surface area contributed by atoms with Crippen molar-refractivity contribution < 1.29 is 27.9 Å². The van der Waals surface area contributed by atoms with Crippen LogP contribution in [0.1, 0.15) is 27.2 Å². The molecule has 0 aliphatic rings. The molecule has 3 N–H and O–H groups in total. The summed E-state index contributed by atoms with van der Waals surface area (Å²) in [4.78, 5) is 23.3. The molecule has 1 rings (SSSR count). The molecule has 0 aliphatic carbocycles. The number of nitrogens with one attached hydrogen (secondary N) is 2. The Balaban J connectivity index is 2.69. The van der Waals surface area contributed by atoms with Gasteiger partial charge in [0.15, 0.2) is 17.5 Å². The summed E-state index contributed by atoms with van der Waals surface area (Å²) in [5, 5.41) is 14.2. The van der Waals surface area contributed by atoms with E-state index in [1.54, 1.807) is 6.92 Å². The Morgan fingerprint density at radius 3 is 2.39 bits per heavy atom. The molecule has 0 spiro atoms. The molecule has 0 aromatic heterocycles. The van der Waals surface area contributed by atoms with Crippen LogP contribution in [-0.2, 0) is 9.59 Å². The van der Waals surface area contributed by atoms with Gasteiger partial charge in [-0.2, -0.15) is 0 Å². The standard InChI is InChI=1S/C15H19F3N2O3/c1-4-8(2)15(3,23)7-19-13(21)14(22)20-10-6-5-9(16)11(17)12(10)18/h5-6,8,23H,4,7H2,1-3H3,(H,19,21)(H,20,22). The highest BCUT2D eigenvalue weighted by Gasteiger charge is 2.28. The maximum atomic E-state index is 13.4. The molecule has 0 aliphatic heterocycles. The second-order valence-corrected chi connectivity index (χ2v) is 5.53. The molecular weight excluding hydrogens is 313 g/mol. The highest BCUT2D eigenvalue weighted by molar-refractivity contribution is 6.39. The van der Waals surface area contributed by atoms with E-state index in [2.05, 4.69) is 5.32 Å². The van der Waals surface area contributed by atoms with Crippen LogP contribution < -0.4 is 10.6 Å². The largest absolute Gasteiger partial charge is 0.388 e. The smallest absolute Gasteiger partial charge is 0.313 e. The first-order chi connectivity index (χ1) is 10.6. The summed E-state index contributed by atoms with van der Waals surface area (Å²) in [7, 11) is 0. The molecule has 0 heterocycles. The highest BCUT2D eigenvalue weighted by atomic mass is 19.2. The molecule has 1 aromatic carbocycles. The summed E-state index contributed by atoms with van der Waals surface area (Å²) >= 11 is 0. The molecular formula is C15H19F3N2O3. The van der Waals surface area contributed by atoms with Gasteiger partial charge >= 0.3 is 11.8 Å². The topological polar surface area (TPSA) is 78.4 Å². The summed E-state index contributed by atoms with van der Waals surface area (Å²) in [6, 6.07) is 1.42. The van der Waals surface area contributed by atoms with Gasteiger partial charge in [-0.25, -0.2) is 13.2 Å². The first-order valence-electron chi connectivity index (χ1n) is 7.05. The third-order valence-electron chi connectivity index (χ3n) is 3.77. The van der Waals surface area contributed by atoms with Crippen LogP contribution in [0.25, 0.3) is 0 Å². The maximum absolute atomic E-state index is 13.4. The highest BCUT2D eigenvalue weighted by Crippen LogP contribution is 2.20. The molecule has 2 unspecified atom stereocenters. The molecule has 0 saturated carbocycles. The third kappa shape index (κ3) is 4.69. The van der Waals surface area contributed by atoms with Gasteiger partial charge in [0, 0.05) is 6.54 Å². The van der Waals surface area contributed by atoms with Crippen LogP contribution in [0.3, 0.4) is 0 Å². The van der Waals surface area contributed by atoms with Gasteiger partial charge in [0.1, 0.15) is 0 Å². The van der Waals surface area contributed by atoms with E-state index in [0.717, 1.165) is 6.07 Å². The minimum absolute atomic E-state index is 0.130. The van der Waals surface area contributed by atoms with E-state index in [-0.39, 0.29) is 12.5 Å². The predicted octanol–water partition coefficient (Wildman–Crippen LogP) is 1.96. The van der Waals surface area contributed by atoms with Crippen LogP contribution in [0.2, 0.25) is 0 Å². The quantitative estimate of drug-likeness (QED) is 0.570. The number of carbonyl (C=O) groups is 2.